The Hall–Kier alpha value is -2.96. The lowest BCUT2D eigenvalue weighted by atomic mass is 9.92. The summed E-state index contributed by atoms with van der Waals surface area (Å²) in [6.45, 7) is -2.53. The predicted octanol–water partition coefficient (Wildman–Crippen LogP) is 3.43. The SMILES string of the molecule is O=C(O)C1c2ccccc2CCN1C(=O)CCc1ccc(OC(F)F)cc1. The van der Waals surface area contributed by atoms with Gasteiger partial charge in [0.1, 0.15) is 5.75 Å². The summed E-state index contributed by atoms with van der Waals surface area (Å²) in [7, 11) is 0. The van der Waals surface area contributed by atoms with Crippen molar-refractivity contribution in [2.75, 3.05) is 6.54 Å². The van der Waals surface area contributed by atoms with Gasteiger partial charge in [-0.15, -0.1) is 0 Å². The summed E-state index contributed by atoms with van der Waals surface area (Å²) in [5.74, 6) is -1.24. The molecule has 0 saturated heterocycles. The standard InChI is InChI=1S/C20H19F2NO4/c21-20(22)27-15-8-5-13(6-9-15)7-10-17(24)23-12-11-14-3-1-2-4-16(14)18(23)19(25)26/h1-6,8-9,18,20H,7,10-12H2,(H,25,26). The molecule has 1 amide bonds. The number of halogens is 2. The highest BCUT2D eigenvalue weighted by molar-refractivity contribution is 5.85. The average molecular weight is 375 g/mol. The number of hydrogen-bond acceptors (Lipinski definition) is 3. The maximum absolute atomic E-state index is 12.6. The van der Waals surface area contributed by atoms with Gasteiger partial charge in [0.05, 0.1) is 0 Å². The van der Waals surface area contributed by atoms with Gasteiger partial charge in [-0.2, -0.15) is 8.78 Å². The molecule has 3 rings (SSSR count). The Labute approximate surface area is 155 Å². The van der Waals surface area contributed by atoms with E-state index >= 15 is 0 Å². The minimum absolute atomic E-state index is 0.0543. The Kier molecular flexibility index (Phi) is 5.69. The van der Waals surface area contributed by atoms with E-state index in [1.165, 1.54) is 17.0 Å². The summed E-state index contributed by atoms with van der Waals surface area (Å²) in [5.41, 5.74) is 2.39. The van der Waals surface area contributed by atoms with Gasteiger partial charge >= 0.3 is 12.6 Å². The maximum atomic E-state index is 12.6. The van der Waals surface area contributed by atoms with E-state index in [0.29, 0.717) is 24.9 Å². The van der Waals surface area contributed by atoms with Gasteiger partial charge in [0.15, 0.2) is 6.04 Å². The minimum atomic E-state index is -2.88. The summed E-state index contributed by atoms with van der Waals surface area (Å²) in [4.78, 5) is 25.8. The van der Waals surface area contributed by atoms with Gasteiger partial charge in [0.2, 0.25) is 5.91 Å². The second kappa shape index (κ2) is 8.16. The van der Waals surface area contributed by atoms with E-state index in [2.05, 4.69) is 4.74 Å². The van der Waals surface area contributed by atoms with E-state index in [9.17, 15) is 23.5 Å². The topological polar surface area (TPSA) is 66.8 Å². The molecular formula is C20H19F2NO4. The molecular weight excluding hydrogens is 356 g/mol. The summed E-state index contributed by atoms with van der Waals surface area (Å²) in [5, 5.41) is 9.62. The number of fused-ring (bicyclic) bond motifs is 1. The average Bonchev–Trinajstić information content (AvgIpc) is 2.65. The quantitative estimate of drug-likeness (QED) is 0.840. The number of rotatable bonds is 6. The molecule has 2 aromatic carbocycles. The van der Waals surface area contributed by atoms with Gasteiger partial charge in [-0.25, -0.2) is 4.79 Å². The second-order valence-corrected chi connectivity index (χ2v) is 6.30. The number of nitrogens with zero attached hydrogens (tertiary/aromatic N) is 1. The Morgan fingerprint density at radius 3 is 2.52 bits per heavy atom. The third kappa shape index (κ3) is 4.42. The fourth-order valence-corrected chi connectivity index (χ4v) is 3.33. The maximum Gasteiger partial charge on any atom is 0.387 e. The Balaban J connectivity index is 1.66. The smallest absolute Gasteiger partial charge is 0.387 e. The lowest BCUT2D eigenvalue weighted by molar-refractivity contribution is -0.151. The minimum Gasteiger partial charge on any atom is -0.479 e. The van der Waals surface area contributed by atoms with Crippen LogP contribution in [0.4, 0.5) is 8.78 Å². The first-order valence-corrected chi connectivity index (χ1v) is 8.59. The molecule has 0 aliphatic carbocycles. The number of carbonyl (C=O) groups excluding carboxylic acids is 1. The highest BCUT2D eigenvalue weighted by Gasteiger charge is 2.35. The van der Waals surface area contributed by atoms with Gasteiger partial charge in [0.25, 0.3) is 0 Å². The molecule has 2 aromatic rings. The highest BCUT2D eigenvalue weighted by atomic mass is 19.3. The van der Waals surface area contributed by atoms with Gasteiger partial charge in [0, 0.05) is 13.0 Å². The number of hydrogen-bond donors (Lipinski definition) is 1. The van der Waals surface area contributed by atoms with Crippen molar-refractivity contribution in [2.24, 2.45) is 0 Å². The number of aryl methyl sites for hydroxylation is 1. The zero-order valence-electron chi connectivity index (χ0n) is 14.5. The Morgan fingerprint density at radius 1 is 1.15 bits per heavy atom. The Morgan fingerprint density at radius 2 is 1.85 bits per heavy atom. The van der Waals surface area contributed by atoms with Crippen LogP contribution in [0.1, 0.15) is 29.2 Å². The number of aliphatic carboxylic acids is 1. The number of benzene rings is 2. The van der Waals surface area contributed by atoms with Crippen LogP contribution < -0.4 is 4.74 Å². The van der Waals surface area contributed by atoms with E-state index in [-0.39, 0.29) is 18.1 Å². The monoisotopic (exact) mass is 375 g/mol. The van der Waals surface area contributed by atoms with Crippen molar-refractivity contribution in [3.05, 3.63) is 65.2 Å². The first kappa shape index (κ1) is 18.8. The second-order valence-electron chi connectivity index (χ2n) is 6.30. The third-order valence-corrected chi connectivity index (χ3v) is 4.61. The van der Waals surface area contributed by atoms with Crippen LogP contribution in [0.5, 0.6) is 5.75 Å². The molecule has 142 valence electrons. The number of alkyl halides is 2. The molecule has 0 bridgehead atoms. The molecule has 1 N–H and O–H groups in total. The molecule has 0 fully saturated rings. The first-order chi connectivity index (χ1) is 13.0. The number of carbonyl (C=O) groups is 2. The van der Waals surface area contributed by atoms with Crippen molar-refractivity contribution in [2.45, 2.75) is 31.9 Å². The van der Waals surface area contributed by atoms with Gasteiger partial charge in [-0.1, -0.05) is 36.4 Å². The molecule has 5 nitrogen and oxygen atoms in total. The molecule has 1 aliphatic rings. The van der Waals surface area contributed by atoms with Gasteiger partial charge in [-0.3, -0.25) is 4.79 Å². The summed E-state index contributed by atoms with van der Waals surface area (Å²) in [6, 6.07) is 12.3. The van der Waals surface area contributed by atoms with Crippen LogP contribution in [0, 0.1) is 0 Å². The van der Waals surface area contributed by atoms with Crippen LogP contribution in [0.15, 0.2) is 48.5 Å². The molecule has 0 radical (unpaired) electrons. The molecule has 27 heavy (non-hydrogen) atoms. The number of carboxylic acids is 1. The fourth-order valence-electron chi connectivity index (χ4n) is 3.33. The van der Waals surface area contributed by atoms with E-state index in [4.69, 9.17) is 0 Å². The first-order valence-electron chi connectivity index (χ1n) is 8.59. The van der Waals surface area contributed by atoms with Crippen LogP contribution in [-0.2, 0) is 22.4 Å². The van der Waals surface area contributed by atoms with Crippen LogP contribution >= 0.6 is 0 Å². The fraction of sp³-hybridized carbons (Fsp3) is 0.300. The summed E-state index contributed by atoms with van der Waals surface area (Å²) < 4.78 is 28.6. The molecule has 1 aliphatic heterocycles. The zero-order chi connectivity index (χ0) is 19.4. The van der Waals surface area contributed by atoms with Crippen molar-refractivity contribution in [1.29, 1.82) is 0 Å². The molecule has 0 aromatic heterocycles. The van der Waals surface area contributed by atoms with Gasteiger partial charge < -0.3 is 14.7 Å². The van der Waals surface area contributed by atoms with E-state index in [1.54, 1.807) is 24.3 Å². The van der Waals surface area contributed by atoms with Gasteiger partial charge in [-0.05, 0) is 41.7 Å². The molecule has 1 unspecified atom stereocenters. The van der Waals surface area contributed by atoms with E-state index in [1.807, 2.05) is 12.1 Å². The van der Waals surface area contributed by atoms with Crippen molar-refractivity contribution in [3.63, 3.8) is 0 Å². The zero-order valence-corrected chi connectivity index (χ0v) is 14.5. The molecule has 0 saturated carbocycles. The normalized spacial score (nSPS) is 16.1. The predicted molar refractivity (Wildman–Crippen MR) is 93.6 cm³/mol. The van der Waals surface area contributed by atoms with Crippen LogP contribution in [0.2, 0.25) is 0 Å². The van der Waals surface area contributed by atoms with E-state index in [0.717, 1.165) is 11.1 Å². The molecule has 0 spiro atoms. The number of ether oxygens (including phenoxy) is 1. The van der Waals surface area contributed by atoms with Crippen LogP contribution in [-0.4, -0.2) is 35.0 Å². The number of amides is 1. The third-order valence-electron chi connectivity index (χ3n) is 4.61. The van der Waals surface area contributed by atoms with Crippen molar-refractivity contribution in [1.82, 2.24) is 4.90 Å². The Bertz CT molecular complexity index is 823. The van der Waals surface area contributed by atoms with Crippen LogP contribution in [0.3, 0.4) is 0 Å². The summed E-state index contributed by atoms with van der Waals surface area (Å²) in [6.07, 6.45) is 1.14. The van der Waals surface area contributed by atoms with Crippen molar-refractivity contribution < 1.29 is 28.2 Å². The molecule has 7 heteroatoms. The molecule has 1 heterocycles. The number of carboxylic acid groups (broad SMARTS) is 1. The summed E-state index contributed by atoms with van der Waals surface area (Å²) >= 11 is 0. The van der Waals surface area contributed by atoms with E-state index < -0.39 is 18.6 Å². The largest absolute Gasteiger partial charge is 0.479 e. The van der Waals surface area contributed by atoms with Crippen LogP contribution in [0.25, 0.3) is 0 Å². The highest BCUT2D eigenvalue weighted by Crippen LogP contribution is 2.30. The van der Waals surface area contributed by atoms with Crippen molar-refractivity contribution in [3.8, 4) is 5.75 Å². The lowest BCUT2D eigenvalue weighted by Crippen LogP contribution is -2.43. The lowest BCUT2D eigenvalue weighted by Gasteiger charge is -2.34. The molecule has 1 atom stereocenters. The van der Waals surface area contributed by atoms with Crippen molar-refractivity contribution >= 4 is 11.9 Å².